The summed E-state index contributed by atoms with van der Waals surface area (Å²) in [6, 6.07) is 6.06. The molecule has 1 amide bonds. The number of hydrogen-bond donors (Lipinski definition) is 2. The minimum absolute atomic E-state index is 0.00306. The maximum Gasteiger partial charge on any atom is 0.328 e. The zero-order valence-electron chi connectivity index (χ0n) is 10.6. The Bertz CT molecular complexity index is 468. The summed E-state index contributed by atoms with van der Waals surface area (Å²) in [7, 11) is 1.56. The molecule has 0 aromatic heterocycles. The first-order valence-electron chi connectivity index (χ1n) is 5.71. The van der Waals surface area contributed by atoms with Crippen molar-refractivity contribution in [2.45, 2.75) is 18.9 Å². The van der Waals surface area contributed by atoms with Gasteiger partial charge in [-0.2, -0.15) is 0 Å². The lowest BCUT2D eigenvalue weighted by Crippen LogP contribution is -2.21. The number of hydrogen-bond acceptors (Lipinski definition) is 4. The summed E-state index contributed by atoms with van der Waals surface area (Å²) in [6.45, 7) is 0. The second kappa shape index (κ2) is 7.15. The average molecular weight is 264 g/mol. The van der Waals surface area contributed by atoms with Crippen LogP contribution in [-0.2, 0) is 9.59 Å². The van der Waals surface area contributed by atoms with E-state index in [2.05, 4.69) is 4.99 Å². The van der Waals surface area contributed by atoms with Crippen LogP contribution in [0.25, 0.3) is 0 Å². The molecular formula is C13H16N2O4. The molecule has 1 atom stereocenters. The first-order chi connectivity index (χ1) is 9.02. The Labute approximate surface area is 110 Å². The Morgan fingerprint density at radius 2 is 2.05 bits per heavy atom. The highest BCUT2D eigenvalue weighted by Crippen LogP contribution is 2.10. The first kappa shape index (κ1) is 14.7. The summed E-state index contributed by atoms with van der Waals surface area (Å²) in [4.78, 5) is 25.5. The molecule has 102 valence electrons. The summed E-state index contributed by atoms with van der Waals surface area (Å²) in [6.07, 6.45) is 1.55. The van der Waals surface area contributed by atoms with Crippen LogP contribution in [0.5, 0.6) is 5.75 Å². The van der Waals surface area contributed by atoms with Crippen molar-refractivity contribution in [2.24, 2.45) is 10.7 Å². The van der Waals surface area contributed by atoms with E-state index in [0.717, 1.165) is 5.56 Å². The predicted molar refractivity (Wildman–Crippen MR) is 70.4 cm³/mol. The van der Waals surface area contributed by atoms with Gasteiger partial charge < -0.3 is 15.6 Å². The van der Waals surface area contributed by atoms with Crippen molar-refractivity contribution >= 4 is 18.1 Å². The number of aliphatic carboxylic acids is 1. The average Bonchev–Trinajstić information content (AvgIpc) is 2.38. The standard InChI is InChI=1S/C13H16N2O4/c1-19-10-4-2-9(3-5-10)8-15-11(13(17)18)6-7-12(14)16/h2-5,8,11H,6-7H2,1H3,(H2,14,16)(H,17,18)/b15-8+/t11-/m0/s1. The summed E-state index contributed by atoms with van der Waals surface area (Å²) in [5.74, 6) is -0.905. The molecule has 0 unspecified atom stereocenters. The SMILES string of the molecule is COc1ccc(/C=N/[C@@H](CCC(N)=O)C(=O)O)cc1. The van der Waals surface area contributed by atoms with Gasteiger partial charge in [0.05, 0.1) is 7.11 Å². The number of rotatable bonds is 7. The monoisotopic (exact) mass is 264 g/mol. The highest BCUT2D eigenvalue weighted by molar-refractivity contribution is 5.84. The van der Waals surface area contributed by atoms with Gasteiger partial charge in [-0.1, -0.05) is 0 Å². The lowest BCUT2D eigenvalue weighted by molar-refractivity contribution is -0.138. The van der Waals surface area contributed by atoms with Crippen molar-refractivity contribution in [2.75, 3.05) is 7.11 Å². The lowest BCUT2D eigenvalue weighted by atomic mass is 10.1. The van der Waals surface area contributed by atoms with Gasteiger partial charge in [0.2, 0.25) is 5.91 Å². The largest absolute Gasteiger partial charge is 0.497 e. The molecule has 6 heteroatoms. The van der Waals surface area contributed by atoms with Gasteiger partial charge in [0, 0.05) is 12.6 Å². The van der Waals surface area contributed by atoms with E-state index in [1.54, 1.807) is 31.4 Å². The molecule has 6 nitrogen and oxygen atoms in total. The van der Waals surface area contributed by atoms with Crippen molar-refractivity contribution in [1.29, 1.82) is 0 Å². The number of nitrogens with two attached hydrogens (primary N) is 1. The topological polar surface area (TPSA) is 102 Å². The number of ether oxygens (including phenoxy) is 1. The smallest absolute Gasteiger partial charge is 0.328 e. The normalized spacial score (nSPS) is 12.3. The number of aliphatic imine (C=N–C) groups is 1. The van der Waals surface area contributed by atoms with Crippen LogP contribution in [-0.4, -0.2) is 36.3 Å². The first-order valence-corrected chi connectivity index (χ1v) is 5.71. The predicted octanol–water partition coefficient (Wildman–Crippen LogP) is 0.833. The van der Waals surface area contributed by atoms with E-state index in [0.29, 0.717) is 5.75 Å². The quantitative estimate of drug-likeness (QED) is 0.712. The molecule has 0 aliphatic rings. The van der Waals surface area contributed by atoms with E-state index in [1.807, 2.05) is 0 Å². The van der Waals surface area contributed by atoms with Gasteiger partial charge in [0.1, 0.15) is 11.8 Å². The molecule has 1 rings (SSSR count). The molecule has 0 heterocycles. The van der Waals surface area contributed by atoms with Gasteiger partial charge in [0.25, 0.3) is 0 Å². The molecule has 0 saturated heterocycles. The van der Waals surface area contributed by atoms with Gasteiger partial charge in [0.15, 0.2) is 0 Å². The Balaban J connectivity index is 2.68. The second-order valence-electron chi connectivity index (χ2n) is 3.91. The van der Waals surface area contributed by atoms with E-state index in [9.17, 15) is 9.59 Å². The molecule has 1 aromatic carbocycles. The lowest BCUT2D eigenvalue weighted by Gasteiger charge is -2.05. The molecule has 0 aliphatic heterocycles. The van der Waals surface area contributed by atoms with E-state index in [1.165, 1.54) is 6.21 Å². The van der Waals surface area contributed by atoms with E-state index < -0.39 is 17.9 Å². The zero-order valence-corrected chi connectivity index (χ0v) is 10.6. The molecule has 0 radical (unpaired) electrons. The van der Waals surface area contributed by atoms with Crippen LogP contribution >= 0.6 is 0 Å². The minimum Gasteiger partial charge on any atom is -0.497 e. The van der Waals surface area contributed by atoms with Crippen LogP contribution in [0.1, 0.15) is 18.4 Å². The summed E-state index contributed by atoms with van der Waals surface area (Å²) < 4.78 is 5.01. The maximum absolute atomic E-state index is 10.9. The number of carboxylic acids is 1. The minimum atomic E-state index is -1.08. The molecule has 1 aromatic rings. The van der Waals surface area contributed by atoms with Crippen molar-refractivity contribution in [1.82, 2.24) is 0 Å². The Hall–Kier alpha value is -2.37. The van der Waals surface area contributed by atoms with Crippen molar-refractivity contribution in [3.63, 3.8) is 0 Å². The number of nitrogens with zero attached hydrogens (tertiary/aromatic N) is 1. The van der Waals surface area contributed by atoms with Crippen LogP contribution in [0, 0.1) is 0 Å². The third-order valence-corrected chi connectivity index (χ3v) is 2.47. The fourth-order valence-corrected chi connectivity index (χ4v) is 1.41. The fraction of sp³-hybridized carbons (Fsp3) is 0.308. The Morgan fingerprint density at radius 3 is 2.53 bits per heavy atom. The van der Waals surface area contributed by atoms with Crippen LogP contribution in [0.15, 0.2) is 29.3 Å². The van der Waals surface area contributed by atoms with Crippen LogP contribution < -0.4 is 10.5 Å². The number of carbonyl (C=O) groups excluding carboxylic acids is 1. The molecule has 0 fully saturated rings. The van der Waals surface area contributed by atoms with E-state index >= 15 is 0 Å². The molecule has 19 heavy (non-hydrogen) atoms. The summed E-state index contributed by atoms with van der Waals surface area (Å²) >= 11 is 0. The van der Waals surface area contributed by atoms with Gasteiger partial charge in [-0.25, -0.2) is 4.79 Å². The Morgan fingerprint density at radius 1 is 1.42 bits per heavy atom. The Kier molecular flexibility index (Phi) is 5.53. The number of primary amides is 1. The van der Waals surface area contributed by atoms with Gasteiger partial charge >= 0.3 is 5.97 Å². The molecule has 3 N–H and O–H groups in total. The molecule has 0 spiro atoms. The number of methoxy groups -OCH3 is 1. The van der Waals surface area contributed by atoms with E-state index in [-0.39, 0.29) is 12.8 Å². The van der Waals surface area contributed by atoms with Gasteiger partial charge in [-0.05, 0) is 36.2 Å². The van der Waals surface area contributed by atoms with E-state index in [4.69, 9.17) is 15.6 Å². The highest BCUT2D eigenvalue weighted by atomic mass is 16.5. The van der Waals surface area contributed by atoms with Crippen molar-refractivity contribution in [3.05, 3.63) is 29.8 Å². The van der Waals surface area contributed by atoms with Crippen LogP contribution in [0.2, 0.25) is 0 Å². The maximum atomic E-state index is 10.9. The number of benzene rings is 1. The molecular weight excluding hydrogens is 248 g/mol. The second-order valence-corrected chi connectivity index (χ2v) is 3.91. The third-order valence-electron chi connectivity index (χ3n) is 2.47. The fourth-order valence-electron chi connectivity index (χ4n) is 1.41. The summed E-state index contributed by atoms with van der Waals surface area (Å²) in [5.41, 5.74) is 5.74. The third kappa shape index (κ3) is 5.20. The van der Waals surface area contributed by atoms with Crippen molar-refractivity contribution in [3.8, 4) is 5.75 Å². The summed E-state index contributed by atoms with van der Waals surface area (Å²) in [5, 5.41) is 8.96. The van der Waals surface area contributed by atoms with Crippen LogP contribution in [0.4, 0.5) is 0 Å². The molecule has 0 saturated carbocycles. The number of amides is 1. The highest BCUT2D eigenvalue weighted by Gasteiger charge is 2.15. The number of carboxylic acid groups (broad SMARTS) is 1. The van der Waals surface area contributed by atoms with Gasteiger partial charge in [-0.3, -0.25) is 9.79 Å². The van der Waals surface area contributed by atoms with Crippen LogP contribution in [0.3, 0.4) is 0 Å². The van der Waals surface area contributed by atoms with Crippen molar-refractivity contribution < 1.29 is 19.4 Å². The molecule has 0 bridgehead atoms. The number of carbonyl (C=O) groups is 2. The van der Waals surface area contributed by atoms with Gasteiger partial charge in [-0.15, -0.1) is 0 Å². The zero-order chi connectivity index (χ0) is 14.3. The molecule has 0 aliphatic carbocycles.